The van der Waals surface area contributed by atoms with Gasteiger partial charge in [0.25, 0.3) is 0 Å². The number of nitrogens with one attached hydrogen (secondary N) is 1. The number of aromatic nitrogens is 2. The molecule has 0 atom stereocenters. The summed E-state index contributed by atoms with van der Waals surface area (Å²) in [5.41, 5.74) is 3.18. The molecule has 1 saturated heterocycles. The second-order valence-electron chi connectivity index (χ2n) is 11.2. The number of nitrogens with zero attached hydrogens (tertiary/aromatic N) is 4. The lowest BCUT2D eigenvalue weighted by atomic mass is 9.73. The first-order valence-corrected chi connectivity index (χ1v) is 14.6. The molecular weight excluding hydrogens is 539 g/mol. The highest BCUT2D eigenvalue weighted by molar-refractivity contribution is 6.00. The number of carbonyl (C=O) groups excluding carboxylic acids is 1. The van der Waals surface area contributed by atoms with Crippen LogP contribution in [0.5, 0.6) is 0 Å². The number of hydrogen-bond acceptors (Lipinski definition) is 5. The molecule has 6 rings (SSSR count). The molecule has 2 aliphatic rings. The zero-order valence-electron chi connectivity index (χ0n) is 23.4. The Balaban J connectivity index is 1.13. The largest absolute Gasteiger partial charge is 0.405 e. The topological polar surface area (TPSA) is 61.4 Å². The molecule has 1 aliphatic heterocycles. The molecule has 0 unspecified atom stereocenters. The molecule has 1 aliphatic carbocycles. The summed E-state index contributed by atoms with van der Waals surface area (Å²) >= 11 is 0. The zero-order chi connectivity index (χ0) is 29.2. The highest BCUT2D eigenvalue weighted by Crippen LogP contribution is 2.51. The van der Waals surface area contributed by atoms with Crippen LogP contribution in [0.3, 0.4) is 0 Å². The number of rotatable bonds is 8. The van der Waals surface area contributed by atoms with Gasteiger partial charge in [-0.05, 0) is 60.7 Å². The van der Waals surface area contributed by atoms with Gasteiger partial charge in [-0.25, -0.2) is 9.97 Å². The lowest BCUT2D eigenvalue weighted by molar-refractivity contribution is -0.141. The van der Waals surface area contributed by atoms with Gasteiger partial charge in [-0.1, -0.05) is 73.2 Å². The highest BCUT2D eigenvalue weighted by Gasteiger charge is 2.49. The van der Waals surface area contributed by atoms with Gasteiger partial charge in [0, 0.05) is 31.2 Å². The lowest BCUT2D eigenvalue weighted by Crippen LogP contribution is -2.47. The molecule has 42 heavy (non-hydrogen) atoms. The maximum absolute atomic E-state index is 13.7. The molecule has 0 spiro atoms. The van der Waals surface area contributed by atoms with E-state index in [2.05, 4.69) is 20.1 Å². The second-order valence-corrected chi connectivity index (χ2v) is 11.2. The van der Waals surface area contributed by atoms with Gasteiger partial charge in [0.1, 0.15) is 12.0 Å². The fraction of sp³-hybridized carbons (Fsp3) is 0.364. The quantitative estimate of drug-likeness (QED) is 0.264. The molecule has 1 amide bonds. The number of fused-ring (bicyclic) bond motifs is 4. The molecule has 2 heterocycles. The Morgan fingerprint density at radius 2 is 1.55 bits per heavy atom. The number of unbranched alkanes of at least 4 members (excludes halogenated alkanes) is 1. The van der Waals surface area contributed by atoms with Crippen molar-refractivity contribution in [2.75, 3.05) is 44.2 Å². The van der Waals surface area contributed by atoms with E-state index < -0.39 is 24.0 Å². The monoisotopic (exact) mass is 573 g/mol. The standard InChI is InChI=1S/C33H34F3N5O/c34-33(35,36)23-38-30(42)32(27-13-4-2-11-25(27)26-12-3-5-14-28(26)32)16-7-8-17-40-18-9-19-41(21-20-40)31-37-22-24-10-1-6-15-29(24)39-31/h1-6,10-15,22H,7-9,16-21,23H2,(H,38,42). The Morgan fingerprint density at radius 1 is 0.857 bits per heavy atom. The number of carbonyl (C=O) groups is 1. The number of benzene rings is 3. The highest BCUT2D eigenvalue weighted by atomic mass is 19.4. The Morgan fingerprint density at radius 3 is 2.29 bits per heavy atom. The maximum Gasteiger partial charge on any atom is 0.405 e. The zero-order valence-corrected chi connectivity index (χ0v) is 23.4. The van der Waals surface area contributed by atoms with E-state index in [9.17, 15) is 18.0 Å². The van der Waals surface area contributed by atoms with Gasteiger partial charge in [-0.3, -0.25) is 4.79 Å². The molecule has 6 nitrogen and oxygen atoms in total. The first kappa shape index (κ1) is 28.2. The van der Waals surface area contributed by atoms with Crippen LogP contribution in [-0.4, -0.2) is 66.2 Å². The van der Waals surface area contributed by atoms with Crippen LogP contribution in [-0.2, 0) is 10.2 Å². The Hall–Kier alpha value is -3.98. The van der Waals surface area contributed by atoms with Crippen molar-refractivity contribution < 1.29 is 18.0 Å². The Labute approximate surface area is 243 Å². The summed E-state index contributed by atoms with van der Waals surface area (Å²) in [5.74, 6) is 0.166. The second kappa shape index (κ2) is 11.7. The average Bonchev–Trinajstić information content (AvgIpc) is 3.11. The molecule has 4 aromatic rings. The van der Waals surface area contributed by atoms with Crippen LogP contribution in [0.25, 0.3) is 22.0 Å². The van der Waals surface area contributed by atoms with Gasteiger partial charge in [-0.15, -0.1) is 0 Å². The van der Waals surface area contributed by atoms with Crippen molar-refractivity contribution in [3.05, 3.63) is 90.1 Å². The summed E-state index contributed by atoms with van der Waals surface area (Å²) in [5, 5.41) is 3.25. The summed E-state index contributed by atoms with van der Waals surface area (Å²) in [7, 11) is 0. The number of amides is 1. The van der Waals surface area contributed by atoms with Gasteiger partial charge in [0.2, 0.25) is 11.9 Å². The molecule has 218 valence electrons. The first-order valence-electron chi connectivity index (χ1n) is 14.6. The predicted molar refractivity (Wildman–Crippen MR) is 158 cm³/mol. The van der Waals surface area contributed by atoms with Crippen LogP contribution in [0.2, 0.25) is 0 Å². The van der Waals surface area contributed by atoms with Crippen LogP contribution < -0.4 is 10.2 Å². The van der Waals surface area contributed by atoms with E-state index in [0.29, 0.717) is 12.8 Å². The molecule has 1 fully saturated rings. The average molecular weight is 574 g/mol. The normalized spacial score (nSPS) is 16.6. The van der Waals surface area contributed by atoms with Gasteiger partial charge in [-0.2, -0.15) is 13.2 Å². The Kier molecular flexibility index (Phi) is 7.86. The van der Waals surface area contributed by atoms with E-state index in [4.69, 9.17) is 4.98 Å². The van der Waals surface area contributed by atoms with Crippen molar-refractivity contribution in [3.8, 4) is 11.1 Å². The van der Waals surface area contributed by atoms with E-state index in [0.717, 1.165) is 84.7 Å². The third-order valence-corrected chi connectivity index (χ3v) is 8.52. The third-order valence-electron chi connectivity index (χ3n) is 8.52. The van der Waals surface area contributed by atoms with Crippen molar-refractivity contribution in [2.45, 2.75) is 37.3 Å². The number of halogens is 3. The summed E-state index contributed by atoms with van der Waals surface area (Å²) in [6, 6.07) is 23.2. The number of alkyl halides is 3. The van der Waals surface area contributed by atoms with Crippen molar-refractivity contribution in [1.82, 2.24) is 20.2 Å². The fourth-order valence-corrected chi connectivity index (χ4v) is 6.52. The number of anilines is 1. The van der Waals surface area contributed by atoms with Crippen molar-refractivity contribution in [2.24, 2.45) is 0 Å². The van der Waals surface area contributed by atoms with Crippen LogP contribution in [0.15, 0.2) is 79.0 Å². The van der Waals surface area contributed by atoms with Crippen LogP contribution >= 0.6 is 0 Å². The maximum atomic E-state index is 13.7. The van der Waals surface area contributed by atoms with Gasteiger partial charge >= 0.3 is 6.18 Å². The van der Waals surface area contributed by atoms with Gasteiger partial charge < -0.3 is 15.1 Å². The number of hydrogen-bond donors (Lipinski definition) is 1. The SMILES string of the molecule is O=C(NCC(F)(F)F)C1(CCCCN2CCCN(c3ncc4ccccc4n3)CC2)c2ccccc2-c2ccccc21. The van der Waals surface area contributed by atoms with Crippen molar-refractivity contribution in [1.29, 1.82) is 0 Å². The molecule has 9 heteroatoms. The molecule has 0 radical (unpaired) electrons. The Bertz CT molecular complexity index is 1530. The third kappa shape index (κ3) is 5.57. The minimum atomic E-state index is -4.48. The van der Waals surface area contributed by atoms with E-state index >= 15 is 0 Å². The molecule has 0 saturated carbocycles. The van der Waals surface area contributed by atoms with Crippen LogP contribution in [0.4, 0.5) is 19.1 Å². The molecule has 1 aromatic heterocycles. The van der Waals surface area contributed by atoms with E-state index in [1.54, 1.807) is 0 Å². The fourth-order valence-electron chi connectivity index (χ4n) is 6.52. The van der Waals surface area contributed by atoms with E-state index in [1.165, 1.54) is 0 Å². The van der Waals surface area contributed by atoms with Gasteiger partial charge in [0.15, 0.2) is 0 Å². The van der Waals surface area contributed by atoms with Crippen molar-refractivity contribution >= 4 is 22.8 Å². The van der Waals surface area contributed by atoms with Crippen LogP contribution in [0.1, 0.15) is 36.8 Å². The minimum Gasteiger partial charge on any atom is -0.346 e. The van der Waals surface area contributed by atoms with E-state index in [-0.39, 0.29) is 0 Å². The van der Waals surface area contributed by atoms with Crippen LogP contribution in [0, 0.1) is 0 Å². The molecule has 3 aromatic carbocycles. The molecule has 1 N–H and O–H groups in total. The lowest BCUT2D eigenvalue weighted by Gasteiger charge is -2.31. The smallest absolute Gasteiger partial charge is 0.346 e. The minimum absolute atomic E-state index is 0.440. The summed E-state index contributed by atoms with van der Waals surface area (Å²) in [6.07, 6.45) is 0.366. The summed E-state index contributed by atoms with van der Waals surface area (Å²) in [6.45, 7) is 3.04. The first-order chi connectivity index (χ1) is 20.3. The van der Waals surface area contributed by atoms with Gasteiger partial charge in [0.05, 0.1) is 5.52 Å². The molecule has 0 bridgehead atoms. The molecular formula is C33H34F3N5O. The predicted octanol–water partition coefficient (Wildman–Crippen LogP) is 5.96. The summed E-state index contributed by atoms with van der Waals surface area (Å²) < 4.78 is 39.4. The number of para-hydroxylation sites is 1. The van der Waals surface area contributed by atoms with E-state index in [1.807, 2.05) is 79.0 Å². The van der Waals surface area contributed by atoms with Crippen molar-refractivity contribution in [3.63, 3.8) is 0 Å². The summed E-state index contributed by atoms with van der Waals surface area (Å²) in [4.78, 5) is 27.7.